The number of hydrogen-bond donors (Lipinski definition) is 2. The van der Waals surface area contributed by atoms with Crippen molar-refractivity contribution in [2.45, 2.75) is 50.2 Å². The monoisotopic (exact) mass is 407 g/mol. The third kappa shape index (κ3) is 4.04. The first kappa shape index (κ1) is 20.0. The Labute approximate surface area is 174 Å². The van der Waals surface area contributed by atoms with Crippen molar-refractivity contribution in [2.24, 2.45) is 10.8 Å². The summed E-state index contributed by atoms with van der Waals surface area (Å²) in [7, 11) is 0. The number of nitro groups is 1. The highest BCUT2D eigenvalue weighted by Gasteiger charge is 2.42. The van der Waals surface area contributed by atoms with Gasteiger partial charge in [-0.1, -0.05) is 49.6 Å². The van der Waals surface area contributed by atoms with Crippen molar-refractivity contribution in [1.82, 2.24) is 10.3 Å². The van der Waals surface area contributed by atoms with Crippen LogP contribution in [0.15, 0.2) is 59.7 Å². The fraction of sp³-hybridized carbons (Fsp3) is 0.364. The number of nitro benzene ring substituents is 1. The first-order valence-electron chi connectivity index (χ1n) is 10.3. The summed E-state index contributed by atoms with van der Waals surface area (Å²) < 4.78 is 0. The van der Waals surface area contributed by atoms with Crippen molar-refractivity contribution in [3.05, 3.63) is 75.8 Å². The van der Waals surface area contributed by atoms with Crippen LogP contribution in [0.25, 0.3) is 0 Å². The maximum Gasteiger partial charge on any atom is 0.335 e. The number of benzene rings is 2. The summed E-state index contributed by atoms with van der Waals surface area (Å²) in [6, 6.07) is 15.0. The van der Waals surface area contributed by atoms with Gasteiger partial charge < -0.3 is 11.1 Å². The number of amides is 2. The van der Waals surface area contributed by atoms with E-state index in [-0.39, 0.29) is 17.8 Å². The second kappa shape index (κ2) is 8.62. The quantitative estimate of drug-likeness (QED) is 0.581. The van der Waals surface area contributed by atoms with Crippen LogP contribution in [-0.4, -0.2) is 33.8 Å². The standard InChI is InChI=1S/C22H25N5O3/c23-22(28)26-21(16-7-3-1-4-8-16)20(24-17-9-5-2-6-10-17)19(25-26)15-11-13-18(14-12-15)27(29)30/h1,3-4,7-8,11-14,17,20-21,24H,2,5-6,9-10H2,(H2,23,28)/t20-,21+/m0/s1. The normalized spacial score (nSPS) is 22.0. The van der Waals surface area contributed by atoms with Crippen LogP contribution in [0, 0.1) is 10.1 Å². The Bertz CT molecular complexity index is 939. The summed E-state index contributed by atoms with van der Waals surface area (Å²) >= 11 is 0. The molecule has 0 spiro atoms. The van der Waals surface area contributed by atoms with Crippen molar-refractivity contribution in [3.63, 3.8) is 0 Å². The molecule has 3 N–H and O–H groups in total. The molecule has 2 atom stereocenters. The molecular weight excluding hydrogens is 382 g/mol. The first-order valence-corrected chi connectivity index (χ1v) is 10.3. The number of carbonyl (C=O) groups excluding carboxylic acids is 1. The lowest BCUT2D eigenvalue weighted by molar-refractivity contribution is -0.384. The summed E-state index contributed by atoms with van der Waals surface area (Å²) in [6.45, 7) is 0. The van der Waals surface area contributed by atoms with Gasteiger partial charge >= 0.3 is 6.03 Å². The summed E-state index contributed by atoms with van der Waals surface area (Å²) in [5.74, 6) is 0. The number of hydrazone groups is 1. The van der Waals surface area contributed by atoms with Crippen LogP contribution >= 0.6 is 0 Å². The maximum atomic E-state index is 12.3. The van der Waals surface area contributed by atoms with Crippen LogP contribution in [0.2, 0.25) is 0 Å². The van der Waals surface area contributed by atoms with Crippen LogP contribution in [0.1, 0.15) is 49.3 Å². The van der Waals surface area contributed by atoms with Gasteiger partial charge in [0.2, 0.25) is 0 Å². The number of hydrogen-bond acceptors (Lipinski definition) is 5. The Kier molecular flexibility index (Phi) is 5.76. The number of carbonyl (C=O) groups is 1. The van der Waals surface area contributed by atoms with E-state index in [1.165, 1.54) is 36.4 Å². The molecule has 0 bridgehead atoms. The topological polar surface area (TPSA) is 114 Å². The Hall–Kier alpha value is -3.26. The number of nitrogens with two attached hydrogens (primary N) is 1. The lowest BCUT2D eigenvalue weighted by Gasteiger charge is -2.32. The van der Waals surface area contributed by atoms with E-state index in [9.17, 15) is 14.9 Å². The van der Waals surface area contributed by atoms with Gasteiger partial charge in [0.25, 0.3) is 5.69 Å². The smallest absolute Gasteiger partial charge is 0.335 e. The highest BCUT2D eigenvalue weighted by Crippen LogP contribution is 2.34. The molecule has 2 aromatic rings. The third-order valence-corrected chi connectivity index (χ3v) is 5.85. The van der Waals surface area contributed by atoms with E-state index in [1.807, 2.05) is 30.3 Å². The molecule has 1 aliphatic heterocycles. The molecule has 8 heteroatoms. The second-order valence-electron chi connectivity index (χ2n) is 7.81. The van der Waals surface area contributed by atoms with E-state index in [4.69, 9.17) is 5.73 Å². The fourth-order valence-corrected chi connectivity index (χ4v) is 4.39. The van der Waals surface area contributed by atoms with E-state index in [1.54, 1.807) is 12.1 Å². The zero-order valence-electron chi connectivity index (χ0n) is 16.6. The van der Waals surface area contributed by atoms with Crippen LogP contribution in [0.3, 0.4) is 0 Å². The molecular formula is C22H25N5O3. The number of nitrogens with zero attached hydrogens (tertiary/aromatic N) is 3. The average Bonchev–Trinajstić information content (AvgIpc) is 3.14. The minimum Gasteiger partial charge on any atom is -0.350 e. The highest BCUT2D eigenvalue weighted by atomic mass is 16.6. The van der Waals surface area contributed by atoms with Gasteiger partial charge in [0.1, 0.15) is 6.04 Å². The molecule has 30 heavy (non-hydrogen) atoms. The maximum absolute atomic E-state index is 12.3. The van der Waals surface area contributed by atoms with Crippen molar-refractivity contribution in [2.75, 3.05) is 0 Å². The Morgan fingerprint density at radius 1 is 1.07 bits per heavy atom. The van der Waals surface area contributed by atoms with Gasteiger partial charge in [-0.15, -0.1) is 0 Å². The van der Waals surface area contributed by atoms with Gasteiger partial charge in [-0.05, 0) is 36.1 Å². The molecule has 0 saturated heterocycles. The molecule has 1 aliphatic carbocycles. The molecule has 156 valence electrons. The predicted molar refractivity (Wildman–Crippen MR) is 114 cm³/mol. The zero-order valence-corrected chi connectivity index (χ0v) is 16.6. The molecule has 4 rings (SSSR count). The Morgan fingerprint density at radius 2 is 1.73 bits per heavy atom. The van der Waals surface area contributed by atoms with Crippen molar-refractivity contribution in [1.29, 1.82) is 0 Å². The summed E-state index contributed by atoms with van der Waals surface area (Å²) in [4.78, 5) is 22.9. The average molecular weight is 407 g/mol. The summed E-state index contributed by atoms with van der Waals surface area (Å²) in [6.07, 6.45) is 5.72. The molecule has 1 fully saturated rings. The number of rotatable bonds is 5. The second-order valence-corrected chi connectivity index (χ2v) is 7.81. The summed E-state index contributed by atoms with van der Waals surface area (Å²) in [5, 5.41) is 20.7. The SMILES string of the molecule is NC(=O)N1N=C(c2ccc([N+](=O)[O-])cc2)[C@H](NC2CCCCC2)[C@H]1c1ccccc1. The predicted octanol–water partition coefficient (Wildman–Crippen LogP) is 3.73. The van der Waals surface area contributed by atoms with Gasteiger partial charge in [-0.3, -0.25) is 10.1 Å². The van der Waals surface area contributed by atoms with Crippen molar-refractivity contribution in [3.8, 4) is 0 Å². The van der Waals surface area contributed by atoms with Crippen LogP contribution in [-0.2, 0) is 0 Å². The van der Waals surface area contributed by atoms with Crippen molar-refractivity contribution >= 4 is 17.4 Å². The van der Waals surface area contributed by atoms with Crippen molar-refractivity contribution < 1.29 is 9.72 Å². The number of nitrogens with one attached hydrogen (secondary N) is 1. The van der Waals surface area contributed by atoms with Gasteiger partial charge in [-0.2, -0.15) is 5.10 Å². The first-order chi connectivity index (χ1) is 14.5. The molecule has 0 aromatic heterocycles. The number of urea groups is 1. The minimum absolute atomic E-state index is 0.0144. The van der Waals surface area contributed by atoms with Crippen LogP contribution < -0.4 is 11.1 Å². The molecule has 1 saturated carbocycles. The van der Waals surface area contributed by atoms with E-state index < -0.39 is 11.0 Å². The van der Waals surface area contributed by atoms with Gasteiger partial charge in [0.05, 0.1) is 16.7 Å². The third-order valence-electron chi connectivity index (χ3n) is 5.85. The Balaban J connectivity index is 1.73. The van der Waals surface area contributed by atoms with E-state index in [0.717, 1.165) is 24.0 Å². The Morgan fingerprint density at radius 3 is 2.33 bits per heavy atom. The highest BCUT2D eigenvalue weighted by molar-refractivity contribution is 6.07. The van der Waals surface area contributed by atoms with Crippen LogP contribution in [0.4, 0.5) is 10.5 Å². The van der Waals surface area contributed by atoms with E-state index in [2.05, 4.69) is 10.4 Å². The molecule has 2 aromatic carbocycles. The lowest BCUT2D eigenvalue weighted by atomic mass is 9.89. The van der Waals surface area contributed by atoms with E-state index in [0.29, 0.717) is 11.8 Å². The molecule has 8 nitrogen and oxygen atoms in total. The zero-order chi connectivity index (χ0) is 21.1. The lowest BCUT2D eigenvalue weighted by Crippen LogP contribution is -2.48. The molecule has 2 amide bonds. The van der Waals surface area contributed by atoms with Crippen LogP contribution in [0.5, 0.6) is 0 Å². The molecule has 1 heterocycles. The minimum atomic E-state index is -0.629. The molecule has 2 aliphatic rings. The fourth-order valence-electron chi connectivity index (χ4n) is 4.39. The van der Waals surface area contributed by atoms with Gasteiger partial charge in [0, 0.05) is 18.2 Å². The summed E-state index contributed by atoms with van der Waals surface area (Å²) in [5.41, 5.74) is 8.04. The van der Waals surface area contributed by atoms with Gasteiger partial charge in [0.15, 0.2) is 0 Å². The largest absolute Gasteiger partial charge is 0.350 e. The molecule has 0 radical (unpaired) electrons. The number of primary amides is 1. The van der Waals surface area contributed by atoms with Gasteiger partial charge in [-0.25, -0.2) is 9.80 Å². The van der Waals surface area contributed by atoms with E-state index >= 15 is 0 Å². The number of non-ortho nitro benzene ring substituents is 1. The molecule has 0 unspecified atom stereocenters.